The molecular weight excluding hydrogens is 332 g/mol. The van der Waals surface area contributed by atoms with E-state index in [9.17, 15) is 13.2 Å². The summed E-state index contributed by atoms with van der Waals surface area (Å²) in [4.78, 5) is 16.4. The van der Waals surface area contributed by atoms with Crippen molar-refractivity contribution in [1.29, 1.82) is 0 Å². The van der Waals surface area contributed by atoms with Crippen LogP contribution in [0.2, 0.25) is 0 Å². The highest BCUT2D eigenvalue weighted by Crippen LogP contribution is 2.27. The van der Waals surface area contributed by atoms with E-state index in [2.05, 4.69) is 10.3 Å². The third-order valence-corrected chi connectivity index (χ3v) is 6.15. The van der Waals surface area contributed by atoms with Crippen LogP contribution in [-0.2, 0) is 32.5 Å². The fourth-order valence-electron chi connectivity index (χ4n) is 2.89. The highest BCUT2D eigenvalue weighted by Gasteiger charge is 2.33. The molecule has 1 amide bonds. The lowest BCUT2D eigenvalue weighted by atomic mass is 10.2. The van der Waals surface area contributed by atoms with Crippen LogP contribution in [0, 0.1) is 0 Å². The Labute approximate surface area is 143 Å². The van der Waals surface area contributed by atoms with E-state index in [1.807, 2.05) is 24.6 Å². The monoisotopic (exact) mass is 358 g/mol. The molecule has 0 fully saturated rings. The predicted octanol–water partition coefficient (Wildman–Crippen LogP) is 0.305. The van der Waals surface area contributed by atoms with Crippen molar-refractivity contribution < 1.29 is 17.9 Å². The van der Waals surface area contributed by atoms with Crippen LogP contribution in [-0.4, -0.2) is 60.7 Å². The fourth-order valence-corrected chi connectivity index (χ4v) is 4.57. The van der Waals surface area contributed by atoms with E-state index in [1.165, 1.54) is 4.31 Å². The second-order valence-electron chi connectivity index (χ2n) is 5.91. The van der Waals surface area contributed by atoms with Crippen molar-refractivity contribution in [2.24, 2.45) is 0 Å². The number of nitrogens with one attached hydrogen (secondary N) is 1. The van der Waals surface area contributed by atoms with Gasteiger partial charge in [0.2, 0.25) is 15.9 Å². The zero-order chi connectivity index (χ0) is 17.7. The number of nitrogens with zero attached hydrogens (tertiary/aromatic N) is 3. The molecule has 1 aliphatic heterocycles. The second kappa shape index (κ2) is 8.09. The molecule has 2 heterocycles. The van der Waals surface area contributed by atoms with Crippen molar-refractivity contribution in [3.8, 4) is 0 Å². The summed E-state index contributed by atoms with van der Waals surface area (Å²) in [5.41, 5.74) is 0.654. The molecule has 1 aromatic heterocycles. The number of ether oxygens (including phenoxy) is 1. The number of sulfonamides is 1. The first kappa shape index (κ1) is 18.9. The van der Waals surface area contributed by atoms with Gasteiger partial charge in [-0.05, 0) is 13.3 Å². The van der Waals surface area contributed by atoms with Gasteiger partial charge in [-0.15, -0.1) is 0 Å². The van der Waals surface area contributed by atoms with Gasteiger partial charge in [0.25, 0.3) is 0 Å². The van der Waals surface area contributed by atoms with Crippen molar-refractivity contribution in [2.45, 2.75) is 39.3 Å². The second-order valence-corrected chi connectivity index (χ2v) is 7.95. The van der Waals surface area contributed by atoms with Gasteiger partial charge in [0.1, 0.15) is 5.82 Å². The van der Waals surface area contributed by atoms with Crippen molar-refractivity contribution in [3.63, 3.8) is 0 Å². The number of carbonyl (C=O) groups excluding carboxylic acids is 1. The molecule has 0 saturated heterocycles. The summed E-state index contributed by atoms with van der Waals surface area (Å²) in [7, 11) is -1.69. The topological polar surface area (TPSA) is 93.5 Å². The summed E-state index contributed by atoms with van der Waals surface area (Å²) < 4.78 is 33.0. The highest BCUT2D eigenvalue weighted by atomic mass is 32.2. The molecular formula is C15H26N4O4S. The van der Waals surface area contributed by atoms with Gasteiger partial charge in [-0.25, -0.2) is 13.4 Å². The average Bonchev–Trinajstić information content (AvgIpc) is 2.91. The van der Waals surface area contributed by atoms with Crippen molar-refractivity contribution in [1.82, 2.24) is 19.2 Å². The number of hydrogen-bond donors (Lipinski definition) is 1. The van der Waals surface area contributed by atoms with E-state index >= 15 is 0 Å². The summed E-state index contributed by atoms with van der Waals surface area (Å²) in [5.74, 6) is 0.721. The Balaban J connectivity index is 2.07. The number of methoxy groups -OCH3 is 1. The molecule has 1 N–H and O–H groups in total. The van der Waals surface area contributed by atoms with Gasteiger partial charge in [-0.1, -0.05) is 6.92 Å². The smallest absolute Gasteiger partial charge is 0.226 e. The van der Waals surface area contributed by atoms with E-state index in [0.29, 0.717) is 44.2 Å². The van der Waals surface area contributed by atoms with Crippen LogP contribution in [0.3, 0.4) is 0 Å². The molecule has 136 valence electrons. The number of imidazole rings is 1. The van der Waals surface area contributed by atoms with Gasteiger partial charge in [-0.2, -0.15) is 4.31 Å². The third-order valence-electron chi connectivity index (χ3n) is 4.01. The zero-order valence-corrected chi connectivity index (χ0v) is 15.3. The van der Waals surface area contributed by atoms with Gasteiger partial charge >= 0.3 is 0 Å². The van der Waals surface area contributed by atoms with Gasteiger partial charge in [-0.3, -0.25) is 4.79 Å². The van der Waals surface area contributed by atoms with E-state index in [0.717, 1.165) is 0 Å². The maximum absolute atomic E-state index is 12.4. The first-order valence-corrected chi connectivity index (χ1v) is 9.81. The first-order chi connectivity index (χ1) is 11.4. The number of amides is 1. The quantitative estimate of drug-likeness (QED) is 0.675. The number of fused-ring (bicyclic) bond motifs is 1. The molecule has 9 heteroatoms. The summed E-state index contributed by atoms with van der Waals surface area (Å²) >= 11 is 0. The lowest BCUT2D eigenvalue weighted by molar-refractivity contribution is -0.120. The minimum atomic E-state index is -3.27. The summed E-state index contributed by atoms with van der Waals surface area (Å²) in [6.07, 6.45) is 2.61. The Morgan fingerprint density at radius 2 is 2.21 bits per heavy atom. The molecule has 0 aromatic carbocycles. The summed E-state index contributed by atoms with van der Waals surface area (Å²) in [6.45, 7) is 5.61. The van der Waals surface area contributed by atoms with Gasteiger partial charge in [0.05, 0.1) is 30.5 Å². The van der Waals surface area contributed by atoms with Gasteiger partial charge < -0.3 is 14.6 Å². The maximum Gasteiger partial charge on any atom is 0.226 e. The Bertz CT molecular complexity index is 671. The van der Waals surface area contributed by atoms with Crippen LogP contribution in [0.1, 0.15) is 37.8 Å². The molecule has 24 heavy (non-hydrogen) atoms. The molecule has 0 aliphatic carbocycles. The summed E-state index contributed by atoms with van der Waals surface area (Å²) in [6, 6.07) is -0.319. The fraction of sp³-hybridized carbons (Fsp3) is 0.733. The SMILES string of the molecule is CCCS(=O)(=O)N1CCn2cc(CC(=O)NCCOC)nc2[C@H]1C. The van der Waals surface area contributed by atoms with E-state index in [4.69, 9.17) is 4.74 Å². The molecule has 0 saturated carbocycles. The number of rotatable bonds is 8. The van der Waals surface area contributed by atoms with Crippen LogP contribution in [0.5, 0.6) is 0 Å². The minimum absolute atomic E-state index is 0.120. The van der Waals surface area contributed by atoms with Gasteiger partial charge in [0.15, 0.2) is 0 Å². The zero-order valence-electron chi connectivity index (χ0n) is 14.5. The van der Waals surface area contributed by atoms with E-state index < -0.39 is 10.0 Å². The molecule has 1 aliphatic rings. The number of hydrogen-bond acceptors (Lipinski definition) is 5. The van der Waals surface area contributed by atoms with Crippen molar-refractivity contribution >= 4 is 15.9 Å². The van der Waals surface area contributed by atoms with Gasteiger partial charge in [0, 0.05) is 32.9 Å². The summed E-state index contributed by atoms with van der Waals surface area (Å²) in [5, 5.41) is 2.75. The first-order valence-electron chi connectivity index (χ1n) is 8.20. The predicted molar refractivity (Wildman–Crippen MR) is 90.0 cm³/mol. The largest absolute Gasteiger partial charge is 0.383 e. The van der Waals surface area contributed by atoms with Crippen molar-refractivity contribution in [2.75, 3.05) is 32.6 Å². The van der Waals surface area contributed by atoms with Crippen LogP contribution >= 0.6 is 0 Å². The molecule has 0 radical (unpaired) electrons. The van der Waals surface area contributed by atoms with Crippen LogP contribution in [0.15, 0.2) is 6.20 Å². The Kier molecular flexibility index (Phi) is 6.36. The van der Waals surface area contributed by atoms with E-state index in [1.54, 1.807) is 7.11 Å². The molecule has 1 atom stereocenters. The lowest BCUT2D eigenvalue weighted by Gasteiger charge is -2.32. The van der Waals surface area contributed by atoms with Crippen LogP contribution < -0.4 is 5.32 Å². The standard InChI is InChI=1S/C15H26N4O4S/c1-4-9-24(21,22)19-7-6-18-11-13(17-15(18)12(19)2)10-14(20)16-5-8-23-3/h11-12H,4-10H2,1-3H3,(H,16,20)/t12-/m1/s1. The maximum atomic E-state index is 12.4. The molecule has 0 unspecified atom stereocenters. The minimum Gasteiger partial charge on any atom is -0.383 e. The Morgan fingerprint density at radius 3 is 2.88 bits per heavy atom. The third kappa shape index (κ3) is 4.34. The molecule has 0 bridgehead atoms. The average molecular weight is 358 g/mol. The van der Waals surface area contributed by atoms with Crippen LogP contribution in [0.25, 0.3) is 0 Å². The molecule has 8 nitrogen and oxygen atoms in total. The number of carbonyl (C=O) groups is 1. The van der Waals surface area contributed by atoms with Crippen LogP contribution in [0.4, 0.5) is 0 Å². The Morgan fingerprint density at radius 1 is 1.46 bits per heavy atom. The van der Waals surface area contributed by atoms with E-state index in [-0.39, 0.29) is 24.1 Å². The molecule has 1 aromatic rings. The normalized spacial score (nSPS) is 18.4. The van der Waals surface area contributed by atoms with Crippen molar-refractivity contribution in [3.05, 3.63) is 17.7 Å². The molecule has 2 rings (SSSR count). The number of aromatic nitrogens is 2. The Hall–Kier alpha value is -1.45. The molecule has 0 spiro atoms. The lowest BCUT2D eigenvalue weighted by Crippen LogP contribution is -2.42. The highest BCUT2D eigenvalue weighted by molar-refractivity contribution is 7.89.